The van der Waals surface area contributed by atoms with Crippen LogP contribution in [0.2, 0.25) is 0 Å². The van der Waals surface area contributed by atoms with Crippen LogP contribution in [-0.4, -0.2) is 74.2 Å². The van der Waals surface area contributed by atoms with E-state index in [1.807, 2.05) is 19.0 Å². The smallest absolute Gasteiger partial charge is 0.329 e. The van der Waals surface area contributed by atoms with Gasteiger partial charge in [-0.2, -0.15) is 0 Å². The number of carboxylic acids is 1. The maximum Gasteiger partial charge on any atom is 0.329 e. The van der Waals surface area contributed by atoms with E-state index in [0.29, 0.717) is 6.54 Å². The molecule has 0 aliphatic heterocycles. The molecule has 88 valence electrons. The van der Waals surface area contributed by atoms with E-state index < -0.39 is 12.6 Å². The van der Waals surface area contributed by atoms with Crippen molar-refractivity contribution in [1.82, 2.24) is 9.80 Å². The highest BCUT2D eigenvalue weighted by Gasteiger charge is 2.09. The zero-order valence-electron chi connectivity index (χ0n) is 9.39. The van der Waals surface area contributed by atoms with Crippen LogP contribution in [0.25, 0.3) is 0 Å². The summed E-state index contributed by atoms with van der Waals surface area (Å²) in [6, 6.07) is 0. The lowest BCUT2D eigenvalue weighted by molar-refractivity contribution is -0.145. The Morgan fingerprint density at radius 2 is 1.73 bits per heavy atom. The third-order valence-corrected chi connectivity index (χ3v) is 1.76. The highest BCUT2D eigenvalue weighted by atomic mass is 16.5. The SMILES string of the molecule is CN(C)CCN(C)C(=O)COCC(=O)O. The molecule has 0 saturated carbocycles. The number of carbonyl (C=O) groups excluding carboxylic acids is 1. The lowest BCUT2D eigenvalue weighted by atomic mass is 10.5. The zero-order valence-corrected chi connectivity index (χ0v) is 9.39. The predicted molar refractivity (Wildman–Crippen MR) is 54.6 cm³/mol. The summed E-state index contributed by atoms with van der Waals surface area (Å²) < 4.78 is 4.68. The van der Waals surface area contributed by atoms with E-state index in [1.165, 1.54) is 4.90 Å². The molecule has 1 amide bonds. The van der Waals surface area contributed by atoms with Gasteiger partial charge in [-0.1, -0.05) is 0 Å². The first-order chi connectivity index (χ1) is 6.93. The molecule has 0 bridgehead atoms. The maximum atomic E-state index is 11.3. The highest BCUT2D eigenvalue weighted by Crippen LogP contribution is 1.88. The van der Waals surface area contributed by atoms with Crippen molar-refractivity contribution in [3.05, 3.63) is 0 Å². The first kappa shape index (κ1) is 13.9. The number of hydrogen-bond donors (Lipinski definition) is 1. The second kappa shape index (κ2) is 7.19. The van der Waals surface area contributed by atoms with E-state index in [4.69, 9.17) is 5.11 Å². The Balaban J connectivity index is 3.64. The molecule has 0 radical (unpaired) electrons. The average Bonchev–Trinajstić information content (AvgIpc) is 2.13. The van der Waals surface area contributed by atoms with Gasteiger partial charge >= 0.3 is 5.97 Å². The summed E-state index contributed by atoms with van der Waals surface area (Å²) in [5.74, 6) is -1.28. The molecule has 6 heteroatoms. The number of amides is 1. The standard InChI is InChI=1S/C9H18N2O4/c1-10(2)4-5-11(3)8(12)6-15-7-9(13)14/h4-7H2,1-3H3,(H,13,14). The van der Waals surface area contributed by atoms with Crippen LogP contribution in [0.1, 0.15) is 0 Å². The van der Waals surface area contributed by atoms with Crippen molar-refractivity contribution < 1.29 is 19.4 Å². The average molecular weight is 218 g/mol. The van der Waals surface area contributed by atoms with E-state index in [0.717, 1.165) is 6.54 Å². The van der Waals surface area contributed by atoms with Crippen molar-refractivity contribution in [1.29, 1.82) is 0 Å². The van der Waals surface area contributed by atoms with Crippen LogP contribution >= 0.6 is 0 Å². The van der Waals surface area contributed by atoms with Gasteiger partial charge in [0.25, 0.3) is 0 Å². The first-order valence-corrected chi connectivity index (χ1v) is 4.61. The first-order valence-electron chi connectivity index (χ1n) is 4.61. The molecule has 0 aliphatic rings. The fourth-order valence-corrected chi connectivity index (χ4v) is 0.811. The molecule has 0 saturated heterocycles. The number of likely N-dealkylation sites (N-methyl/N-ethyl adjacent to an activating group) is 2. The number of ether oxygens (including phenoxy) is 1. The van der Waals surface area contributed by atoms with Crippen molar-refractivity contribution in [3.63, 3.8) is 0 Å². The van der Waals surface area contributed by atoms with Gasteiger partial charge in [0, 0.05) is 20.1 Å². The molecule has 0 aromatic carbocycles. The summed E-state index contributed by atoms with van der Waals surface area (Å²) in [4.78, 5) is 24.9. The molecule has 0 spiro atoms. The van der Waals surface area contributed by atoms with E-state index in [2.05, 4.69) is 4.74 Å². The summed E-state index contributed by atoms with van der Waals surface area (Å²) in [6.07, 6.45) is 0. The van der Waals surface area contributed by atoms with Gasteiger partial charge in [0.15, 0.2) is 0 Å². The Bertz CT molecular complexity index is 218. The number of nitrogens with zero attached hydrogens (tertiary/aromatic N) is 2. The lowest BCUT2D eigenvalue weighted by Gasteiger charge is -2.19. The Morgan fingerprint density at radius 3 is 2.20 bits per heavy atom. The Labute approximate surface area is 89.4 Å². The molecule has 0 fully saturated rings. The minimum atomic E-state index is -1.07. The third kappa shape index (κ3) is 7.90. The van der Waals surface area contributed by atoms with Crippen molar-refractivity contribution in [2.24, 2.45) is 0 Å². The fraction of sp³-hybridized carbons (Fsp3) is 0.778. The molecule has 1 N–H and O–H groups in total. The van der Waals surface area contributed by atoms with Gasteiger partial charge in [-0.05, 0) is 14.1 Å². The highest BCUT2D eigenvalue weighted by molar-refractivity contribution is 5.77. The van der Waals surface area contributed by atoms with Gasteiger partial charge in [-0.3, -0.25) is 4.79 Å². The Kier molecular flexibility index (Phi) is 6.64. The second-order valence-corrected chi connectivity index (χ2v) is 3.51. The largest absolute Gasteiger partial charge is 0.480 e. The summed E-state index contributed by atoms with van der Waals surface area (Å²) in [7, 11) is 5.49. The number of rotatable bonds is 7. The van der Waals surface area contributed by atoms with Gasteiger partial charge in [0.05, 0.1) is 0 Å². The van der Waals surface area contributed by atoms with E-state index >= 15 is 0 Å². The third-order valence-electron chi connectivity index (χ3n) is 1.76. The molecular formula is C9H18N2O4. The second-order valence-electron chi connectivity index (χ2n) is 3.51. The number of carbonyl (C=O) groups is 2. The van der Waals surface area contributed by atoms with Gasteiger partial charge in [0.2, 0.25) is 5.91 Å². The number of carboxylic acid groups (broad SMARTS) is 1. The molecule has 0 aromatic rings. The van der Waals surface area contributed by atoms with E-state index in [-0.39, 0.29) is 12.5 Å². The molecule has 0 aromatic heterocycles. The monoisotopic (exact) mass is 218 g/mol. The van der Waals surface area contributed by atoms with Crippen LogP contribution in [0.3, 0.4) is 0 Å². The van der Waals surface area contributed by atoms with Crippen LogP contribution in [-0.2, 0) is 14.3 Å². The van der Waals surface area contributed by atoms with Gasteiger partial charge in [-0.25, -0.2) is 4.79 Å². The quantitative estimate of drug-likeness (QED) is 0.600. The lowest BCUT2D eigenvalue weighted by Crippen LogP contribution is -2.36. The minimum Gasteiger partial charge on any atom is -0.480 e. The van der Waals surface area contributed by atoms with Crippen LogP contribution in [0.4, 0.5) is 0 Å². The van der Waals surface area contributed by atoms with Gasteiger partial charge < -0.3 is 19.6 Å². The maximum absolute atomic E-state index is 11.3. The topological polar surface area (TPSA) is 70.1 Å². The van der Waals surface area contributed by atoms with Crippen molar-refractivity contribution in [2.45, 2.75) is 0 Å². The summed E-state index contributed by atoms with van der Waals surface area (Å²) in [6.45, 7) is 0.743. The zero-order chi connectivity index (χ0) is 11.8. The molecular weight excluding hydrogens is 200 g/mol. The van der Waals surface area contributed by atoms with Crippen molar-refractivity contribution >= 4 is 11.9 Å². The molecule has 0 aliphatic carbocycles. The van der Waals surface area contributed by atoms with Gasteiger partial charge in [0.1, 0.15) is 13.2 Å². The minimum absolute atomic E-state index is 0.184. The van der Waals surface area contributed by atoms with Crippen molar-refractivity contribution in [2.75, 3.05) is 47.4 Å². The van der Waals surface area contributed by atoms with Gasteiger partial charge in [-0.15, -0.1) is 0 Å². The normalized spacial score (nSPS) is 10.4. The fourth-order valence-electron chi connectivity index (χ4n) is 0.811. The van der Waals surface area contributed by atoms with Crippen LogP contribution < -0.4 is 0 Å². The van der Waals surface area contributed by atoms with E-state index in [9.17, 15) is 9.59 Å². The number of hydrogen-bond acceptors (Lipinski definition) is 4. The Hall–Kier alpha value is -1.14. The summed E-state index contributed by atoms with van der Waals surface area (Å²) in [5.41, 5.74) is 0. The predicted octanol–water partition coefficient (Wildman–Crippen LogP) is -0.892. The summed E-state index contributed by atoms with van der Waals surface area (Å²) in [5, 5.41) is 8.28. The summed E-state index contributed by atoms with van der Waals surface area (Å²) >= 11 is 0. The molecule has 6 nitrogen and oxygen atoms in total. The molecule has 0 atom stereocenters. The molecule has 0 unspecified atom stereocenters. The molecule has 0 rings (SSSR count). The van der Waals surface area contributed by atoms with Crippen molar-refractivity contribution in [3.8, 4) is 0 Å². The van der Waals surface area contributed by atoms with Crippen LogP contribution in [0.5, 0.6) is 0 Å². The Morgan fingerprint density at radius 1 is 1.13 bits per heavy atom. The molecule has 0 heterocycles. The van der Waals surface area contributed by atoms with Crippen LogP contribution in [0.15, 0.2) is 0 Å². The van der Waals surface area contributed by atoms with E-state index in [1.54, 1.807) is 7.05 Å². The van der Waals surface area contributed by atoms with Crippen LogP contribution in [0, 0.1) is 0 Å². The number of aliphatic carboxylic acids is 1. The molecule has 15 heavy (non-hydrogen) atoms.